The quantitative estimate of drug-likeness (QED) is 0.832. The number of carbonyl (C=O) groups is 1. The summed E-state index contributed by atoms with van der Waals surface area (Å²) in [5.41, 5.74) is 0.819. The van der Waals surface area contributed by atoms with Crippen LogP contribution < -0.4 is 4.90 Å². The number of hydrogen-bond acceptors (Lipinski definition) is 4. The minimum atomic E-state index is 0.205. The minimum Gasteiger partial charge on any atom is -0.341 e. The first kappa shape index (κ1) is 18.0. The highest BCUT2D eigenvalue weighted by molar-refractivity contribution is 5.94. The molecule has 1 aromatic heterocycles. The largest absolute Gasteiger partial charge is 0.341 e. The summed E-state index contributed by atoms with van der Waals surface area (Å²) in [6.07, 6.45) is 10.5. The molecular formula is C22H28N4O. The van der Waals surface area contributed by atoms with E-state index in [2.05, 4.69) is 19.8 Å². The molecule has 0 aliphatic carbocycles. The van der Waals surface area contributed by atoms with E-state index in [1.54, 1.807) is 12.4 Å². The summed E-state index contributed by atoms with van der Waals surface area (Å²) in [6, 6.07) is 12.0. The molecule has 0 unspecified atom stereocenters. The Morgan fingerprint density at radius 3 is 2.33 bits per heavy atom. The standard InChI is InChI=1S/C22H28N4O/c27-21(19-8-3-1-4-9-19)26-15-6-2-5-10-20(26)18-11-16-25(17-12-18)22-23-13-7-14-24-22/h1,3-4,7-9,13-14,18,20H,2,5-6,10-12,15-17H2/t20-/m1/s1. The number of piperidine rings is 1. The first-order valence-corrected chi connectivity index (χ1v) is 10.2. The van der Waals surface area contributed by atoms with E-state index < -0.39 is 0 Å². The number of benzene rings is 1. The molecular weight excluding hydrogens is 336 g/mol. The Balaban J connectivity index is 1.46. The van der Waals surface area contributed by atoms with Gasteiger partial charge in [0.15, 0.2) is 0 Å². The molecule has 2 aliphatic rings. The molecule has 2 saturated heterocycles. The van der Waals surface area contributed by atoms with Crippen molar-refractivity contribution < 1.29 is 4.79 Å². The van der Waals surface area contributed by atoms with Crippen LogP contribution in [0.25, 0.3) is 0 Å². The summed E-state index contributed by atoms with van der Waals surface area (Å²) >= 11 is 0. The SMILES string of the molecule is O=C(c1ccccc1)N1CCCCC[C@@H]1C1CCN(c2ncccn2)CC1. The monoisotopic (exact) mass is 364 g/mol. The molecule has 0 bridgehead atoms. The topological polar surface area (TPSA) is 49.3 Å². The van der Waals surface area contributed by atoms with Crippen molar-refractivity contribution in [2.45, 2.75) is 44.6 Å². The van der Waals surface area contributed by atoms with Crippen LogP contribution in [-0.2, 0) is 0 Å². The smallest absolute Gasteiger partial charge is 0.254 e. The first-order chi connectivity index (χ1) is 13.3. The van der Waals surface area contributed by atoms with Crippen molar-refractivity contribution in [2.24, 2.45) is 5.92 Å². The summed E-state index contributed by atoms with van der Waals surface area (Å²) in [6.45, 7) is 2.83. The maximum atomic E-state index is 13.2. The summed E-state index contributed by atoms with van der Waals surface area (Å²) in [4.78, 5) is 26.4. The number of aromatic nitrogens is 2. The predicted molar refractivity (Wildman–Crippen MR) is 107 cm³/mol. The van der Waals surface area contributed by atoms with Crippen molar-refractivity contribution in [2.75, 3.05) is 24.5 Å². The Hall–Kier alpha value is -2.43. The zero-order chi connectivity index (χ0) is 18.5. The molecule has 2 aliphatic heterocycles. The molecule has 0 saturated carbocycles. The normalized spacial score (nSPS) is 21.7. The Labute approximate surface area is 161 Å². The molecule has 4 rings (SSSR count). The molecule has 2 aromatic rings. The molecule has 27 heavy (non-hydrogen) atoms. The molecule has 5 nitrogen and oxygen atoms in total. The second kappa shape index (κ2) is 8.51. The Bertz CT molecular complexity index is 728. The summed E-state index contributed by atoms with van der Waals surface area (Å²) in [5, 5.41) is 0. The van der Waals surface area contributed by atoms with Crippen LogP contribution in [0.4, 0.5) is 5.95 Å². The van der Waals surface area contributed by atoms with E-state index in [0.717, 1.165) is 56.8 Å². The Morgan fingerprint density at radius 1 is 0.852 bits per heavy atom. The van der Waals surface area contributed by atoms with Crippen LogP contribution in [0.3, 0.4) is 0 Å². The van der Waals surface area contributed by atoms with Crippen molar-refractivity contribution in [3.8, 4) is 0 Å². The van der Waals surface area contributed by atoms with Crippen LogP contribution in [-0.4, -0.2) is 46.5 Å². The lowest BCUT2D eigenvalue weighted by molar-refractivity contribution is 0.0588. The van der Waals surface area contributed by atoms with Gasteiger partial charge in [-0.2, -0.15) is 0 Å². The van der Waals surface area contributed by atoms with E-state index >= 15 is 0 Å². The molecule has 1 atom stereocenters. The highest BCUT2D eigenvalue weighted by Gasteiger charge is 2.34. The van der Waals surface area contributed by atoms with Gasteiger partial charge < -0.3 is 9.80 Å². The van der Waals surface area contributed by atoms with E-state index in [0.29, 0.717) is 12.0 Å². The molecule has 2 fully saturated rings. The van der Waals surface area contributed by atoms with E-state index in [4.69, 9.17) is 0 Å². The fourth-order valence-electron chi connectivity index (χ4n) is 4.56. The Kier molecular flexibility index (Phi) is 5.66. The van der Waals surface area contributed by atoms with Crippen LogP contribution in [0, 0.1) is 5.92 Å². The average Bonchev–Trinajstić information content (AvgIpc) is 3.01. The van der Waals surface area contributed by atoms with E-state index in [-0.39, 0.29) is 5.91 Å². The first-order valence-electron chi connectivity index (χ1n) is 10.2. The molecule has 0 N–H and O–H groups in total. The fourth-order valence-corrected chi connectivity index (χ4v) is 4.56. The van der Waals surface area contributed by atoms with Crippen molar-refractivity contribution in [1.82, 2.24) is 14.9 Å². The maximum Gasteiger partial charge on any atom is 0.254 e. The fraction of sp³-hybridized carbons (Fsp3) is 0.500. The highest BCUT2D eigenvalue weighted by atomic mass is 16.2. The Morgan fingerprint density at radius 2 is 1.59 bits per heavy atom. The van der Waals surface area contributed by atoms with Crippen LogP contribution in [0.5, 0.6) is 0 Å². The maximum absolute atomic E-state index is 13.2. The van der Waals surface area contributed by atoms with Gasteiger partial charge in [-0.3, -0.25) is 4.79 Å². The van der Waals surface area contributed by atoms with Gasteiger partial charge >= 0.3 is 0 Å². The number of nitrogens with zero attached hydrogens (tertiary/aromatic N) is 4. The summed E-state index contributed by atoms with van der Waals surface area (Å²) in [7, 11) is 0. The third-order valence-corrected chi connectivity index (χ3v) is 6.00. The van der Waals surface area contributed by atoms with E-state index in [9.17, 15) is 4.79 Å². The van der Waals surface area contributed by atoms with Gasteiger partial charge in [-0.25, -0.2) is 9.97 Å². The van der Waals surface area contributed by atoms with Gasteiger partial charge in [-0.05, 0) is 49.8 Å². The van der Waals surface area contributed by atoms with Crippen molar-refractivity contribution in [3.05, 3.63) is 54.4 Å². The second-order valence-corrected chi connectivity index (χ2v) is 7.65. The van der Waals surface area contributed by atoms with Crippen LogP contribution in [0.15, 0.2) is 48.8 Å². The summed E-state index contributed by atoms with van der Waals surface area (Å²) < 4.78 is 0. The van der Waals surface area contributed by atoms with Crippen LogP contribution in [0.1, 0.15) is 48.9 Å². The number of anilines is 1. The van der Waals surface area contributed by atoms with Gasteiger partial charge in [0.2, 0.25) is 5.95 Å². The van der Waals surface area contributed by atoms with Gasteiger partial charge in [-0.15, -0.1) is 0 Å². The number of likely N-dealkylation sites (tertiary alicyclic amines) is 1. The number of hydrogen-bond donors (Lipinski definition) is 0. The number of rotatable bonds is 3. The van der Waals surface area contributed by atoms with Gasteiger partial charge in [0.05, 0.1) is 0 Å². The van der Waals surface area contributed by atoms with Crippen LogP contribution >= 0.6 is 0 Å². The summed E-state index contributed by atoms with van der Waals surface area (Å²) in [5.74, 6) is 1.60. The van der Waals surface area contributed by atoms with Crippen molar-refractivity contribution in [3.63, 3.8) is 0 Å². The number of carbonyl (C=O) groups excluding carboxylic acids is 1. The van der Waals surface area contributed by atoms with Gasteiger partial charge in [-0.1, -0.05) is 31.0 Å². The molecule has 5 heteroatoms. The molecule has 142 valence electrons. The van der Waals surface area contributed by atoms with E-state index in [1.165, 1.54) is 12.8 Å². The number of amides is 1. The molecule has 0 radical (unpaired) electrons. The molecule has 3 heterocycles. The van der Waals surface area contributed by atoms with Crippen LogP contribution in [0.2, 0.25) is 0 Å². The van der Waals surface area contributed by atoms with Gasteiger partial charge in [0, 0.05) is 43.6 Å². The lowest BCUT2D eigenvalue weighted by Gasteiger charge is -2.40. The zero-order valence-corrected chi connectivity index (χ0v) is 15.8. The van der Waals surface area contributed by atoms with Gasteiger partial charge in [0.25, 0.3) is 5.91 Å². The molecule has 1 aromatic carbocycles. The average molecular weight is 364 g/mol. The third-order valence-electron chi connectivity index (χ3n) is 6.00. The highest BCUT2D eigenvalue weighted by Crippen LogP contribution is 2.31. The van der Waals surface area contributed by atoms with E-state index in [1.807, 2.05) is 36.4 Å². The predicted octanol–water partition coefficient (Wildman–Crippen LogP) is 3.78. The van der Waals surface area contributed by atoms with Crippen molar-refractivity contribution >= 4 is 11.9 Å². The molecule has 0 spiro atoms. The van der Waals surface area contributed by atoms with Gasteiger partial charge in [0.1, 0.15) is 0 Å². The zero-order valence-electron chi connectivity index (χ0n) is 15.8. The van der Waals surface area contributed by atoms with Crippen molar-refractivity contribution in [1.29, 1.82) is 0 Å². The second-order valence-electron chi connectivity index (χ2n) is 7.65. The third kappa shape index (κ3) is 4.12. The lowest BCUT2D eigenvalue weighted by atomic mass is 9.86. The lowest BCUT2D eigenvalue weighted by Crippen LogP contribution is -2.48. The molecule has 1 amide bonds. The minimum absolute atomic E-state index is 0.205.